The molecule has 0 saturated carbocycles. The SMILES string of the molecule is NCCCNCCCCNC(=O)CN(CCN(CCN(CC(=O)[O-])CC(=O)NCCCCNCCCN)CC(=O)[O-])CC(=O)[O-].[Gd+3]. The number of nitrogens with one attached hydrogen (secondary N) is 4. The number of aliphatic carboxylic acids is 3. The van der Waals surface area contributed by atoms with Gasteiger partial charge in [0.25, 0.3) is 0 Å². The van der Waals surface area contributed by atoms with Crippen molar-refractivity contribution < 1.29 is 79.2 Å². The molecule has 0 aliphatic rings. The molecule has 0 aromatic heterocycles. The monoisotopic (exact) mass is 802 g/mol. The molecular formula is C28H54GdN9O8. The van der Waals surface area contributed by atoms with Gasteiger partial charge in [-0.25, -0.2) is 0 Å². The number of hydrogen-bond donors (Lipinski definition) is 6. The summed E-state index contributed by atoms with van der Waals surface area (Å²) >= 11 is 0. The van der Waals surface area contributed by atoms with Gasteiger partial charge in [-0.2, -0.15) is 0 Å². The summed E-state index contributed by atoms with van der Waals surface area (Å²) in [4.78, 5) is 62.8. The molecule has 0 aromatic rings. The van der Waals surface area contributed by atoms with Gasteiger partial charge in [-0.1, -0.05) is 0 Å². The van der Waals surface area contributed by atoms with Crippen molar-refractivity contribution in [1.29, 1.82) is 0 Å². The molecule has 0 spiro atoms. The van der Waals surface area contributed by atoms with Gasteiger partial charge < -0.3 is 62.4 Å². The second-order valence-electron chi connectivity index (χ2n) is 10.7. The first-order chi connectivity index (χ1) is 21.6. The van der Waals surface area contributed by atoms with Crippen LogP contribution in [0.15, 0.2) is 0 Å². The summed E-state index contributed by atoms with van der Waals surface area (Å²) in [6.07, 6.45) is 4.92. The van der Waals surface area contributed by atoms with E-state index in [4.69, 9.17) is 11.5 Å². The maximum atomic E-state index is 12.4. The Labute approximate surface area is 304 Å². The summed E-state index contributed by atoms with van der Waals surface area (Å²) in [5.74, 6) is -4.95. The molecule has 0 saturated heterocycles. The normalized spacial score (nSPS) is 11.1. The summed E-state index contributed by atoms with van der Waals surface area (Å²) in [5, 5.41) is 45.9. The number of carbonyl (C=O) groups is 5. The van der Waals surface area contributed by atoms with Crippen molar-refractivity contribution >= 4 is 29.7 Å². The summed E-state index contributed by atoms with van der Waals surface area (Å²) in [6.45, 7) is 3.34. The van der Waals surface area contributed by atoms with E-state index in [1.807, 2.05) is 0 Å². The van der Waals surface area contributed by atoms with Crippen molar-refractivity contribution in [2.75, 3.05) is 111 Å². The number of carbonyl (C=O) groups excluding carboxylic acids is 5. The summed E-state index contributed by atoms with van der Waals surface area (Å²) in [6, 6.07) is 0. The number of unbranched alkanes of at least 4 members (excludes halogenated alkanes) is 2. The Morgan fingerprint density at radius 1 is 0.457 bits per heavy atom. The number of rotatable bonds is 32. The number of amides is 2. The Morgan fingerprint density at radius 2 is 0.761 bits per heavy atom. The average Bonchev–Trinajstić information content (AvgIpc) is 2.96. The molecule has 0 atom stereocenters. The van der Waals surface area contributed by atoms with Gasteiger partial charge >= 0.3 is 39.9 Å². The minimum absolute atomic E-state index is 0. The van der Waals surface area contributed by atoms with Gasteiger partial charge in [0.05, 0.1) is 31.0 Å². The van der Waals surface area contributed by atoms with Crippen LogP contribution in [-0.2, 0) is 24.0 Å². The molecule has 0 aliphatic carbocycles. The van der Waals surface area contributed by atoms with Crippen LogP contribution in [0.1, 0.15) is 38.5 Å². The Hall–Kier alpha value is -1.61. The van der Waals surface area contributed by atoms with Crippen molar-refractivity contribution in [3.8, 4) is 0 Å². The third-order valence-electron chi connectivity index (χ3n) is 6.58. The summed E-state index contributed by atoms with van der Waals surface area (Å²) < 4.78 is 0. The van der Waals surface area contributed by atoms with Gasteiger partial charge in [0.2, 0.25) is 11.8 Å². The molecule has 8 N–H and O–H groups in total. The first-order valence-corrected chi connectivity index (χ1v) is 15.7. The Kier molecular flexibility index (Phi) is 32.3. The van der Waals surface area contributed by atoms with Crippen molar-refractivity contribution in [3.05, 3.63) is 0 Å². The van der Waals surface area contributed by atoms with E-state index in [-0.39, 0.29) is 91.0 Å². The Balaban J connectivity index is 0. The zero-order chi connectivity index (χ0) is 33.7. The maximum Gasteiger partial charge on any atom is 3.00 e. The third kappa shape index (κ3) is 31.0. The molecule has 0 aliphatic heterocycles. The van der Waals surface area contributed by atoms with E-state index in [9.17, 15) is 39.3 Å². The molecule has 1 radical (unpaired) electrons. The molecule has 2 amide bonds. The van der Waals surface area contributed by atoms with Crippen molar-refractivity contribution in [3.63, 3.8) is 0 Å². The zero-order valence-electron chi connectivity index (χ0n) is 26.9. The standard InChI is InChI=1S/C28H57N9O8.Gd/c29-7-5-11-31-9-1-3-13-33-24(38)19-36(22-27(42)43)17-15-35(21-26(40)41)16-18-37(23-28(44)45)20-25(39)34-14-4-2-10-32-12-6-8-30;/h31-32H,1-23,29-30H2,(H,33,38)(H,34,39)(H,40,41)(H,42,43)(H,44,45);/q;+3/p-3. The molecule has 17 nitrogen and oxygen atoms in total. The smallest absolute Gasteiger partial charge is 0.549 e. The minimum Gasteiger partial charge on any atom is -0.549 e. The number of nitrogens with zero attached hydrogens (tertiary/aromatic N) is 3. The second kappa shape index (κ2) is 32.0. The number of hydrogen-bond acceptors (Lipinski definition) is 15. The van der Waals surface area contributed by atoms with Crippen LogP contribution in [0, 0.1) is 39.9 Å². The van der Waals surface area contributed by atoms with E-state index in [0.717, 1.165) is 64.7 Å². The quantitative estimate of drug-likeness (QED) is 0.0346. The molecule has 0 rings (SSSR count). The average molecular weight is 802 g/mol. The van der Waals surface area contributed by atoms with E-state index in [2.05, 4.69) is 21.3 Å². The van der Waals surface area contributed by atoms with Crippen LogP contribution < -0.4 is 48.1 Å². The zero-order valence-corrected chi connectivity index (χ0v) is 29.1. The fraction of sp³-hybridized carbons (Fsp3) is 0.821. The summed E-state index contributed by atoms with van der Waals surface area (Å²) in [5.41, 5.74) is 10.9. The van der Waals surface area contributed by atoms with Gasteiger partial charge in [0.15, 0.2) is 0 Å². The Bertz CT molecular complexity index is 787. The van der Waals surface area contributed by atoms with Crippen LogP contribution in [-0.4, -0.2) is 156 Å². The predicted octanol–water partition coefficient (Wildman–Crippen LogP) is -7.19. The van der Waals surface area contributed by atoms with Gasteiger partial charge in [0, 0.05) is 58.9 Å². The van der Waals surface area contributed by atoms with Crippen molar-refractivity contribution in [1.82, 2.24) is 36.0 Å². The molecule has 267 valence electrons. The van der Waals surface area contributed by atoms with Gasteiger partial charge in [-0.15, -0.1) is 0 Å². The molecular weight excluding hydrogens is 748 g/mol. The number of nitrogens with two attached hydrogens (primary N) is 2. The molecule has 0 unspecified atom stereocenters. The third-order valence-corrected chi connectivity index (χ3v) is 6.58. The molecule has 18 heteroatoms. The van der Waals surface area contributed by atoms with Crippen LogP contribution in [0.25, 0.3) is 0 Å². The Morgan fingerprint density at radius 3 is 1.11 bits per heavy atom. The molecule has 0 aromatic carbocycles. The van der Waals surface area contributed by atoms with Gasteiger partial charge in [-0.3, -0.25) is 24.3 Å². The fourth-order valence-corrected chi connectivity index (χ4v) is 4.24. The van der Waals surface area contributed by atoms with Crippen LogP contribution >= 0.6 is 0 Å². The van der Waals surface area contributed by atoms with E-state index in [1.54, 1.807) is 0 Å². The fourth-order valence-electron chi connectivity index (χ4n) is 4.24. The van der Waals surface area contributed by atoms with E-state index < -0.39 is 37.5 Å². The topological polar surface area (TPSA) is 264 Å². The van der Waals surface area contributed by atoms with Crippen LogP contribution in [0.3, 0.4) is 0 Å². The molecule has 0 heterocycles. The molecule has 0 fully saturated rings. The summed E-state index contributed by atoms with van der Waals surface area (Å²) in [7, 11) is 0. The van der Waals surface area contributed by atoms with Gasteiger partial charge in [0.1, 0.15) is 0 Å². The molecule has 0 bridgehead atoms. The largest absolute Gasteiger partial charge is 3.00 e. The van der Waals surface area contributed by atoms with Gasteiger partial charge in [-0.05, 0) is 77.8 Å². The van der Waals surface area contributed by atoms with E-state index in [0.29, 0.717) is 26.2 Å². The van der Waals surface area contributed by atoms with Crippen molar-refractivity contribution in [2.45, 2.75) is 38.5 Å². The van der Waals surface area contributed by atoms with Crippen LogP contribution in [0.5, 0.6) is 0 Å². The molecule has 46 heavy (non-hydrogen) atoms. The maximum absolute atomic E-state index is 12.4. The first kappa shape index (κ1) is 46.5. The second-order valence-corrected chi connectivity index (χ2v) is 10.7. The number of carboxylic acid groups (broad SMARTS) is 3. The minimum atomic E-state index is -1.40. The van der Waals surface area contributed by atoms with Crippen LogP contribution in [0.2, 0.25) is 0 Å². The first-order valence-electron chi connectivity index (χ1n) is 15.7. The van der Waals surface area contributed by atoms with Crippen molar-refractivity contribution in [2.24, 2.45) is 11.5 Å². The van der Waals surface area contributed by atoms with Crippen LogP contribution in [0.4, 0.5) is 0 Å². The van der Waals surface area contributed by atoms with E-state index in [1.165, 1.54) is 14.7 Å². The van der Waals surface area contributed by atoms with E-state index >= 15 is 0 Å². The predicted molar refractivity (Wildman–Crippen MR) is 162 cm³/mol. The number of carboxylic acids is 3.